The van der Waals surface area contributed by atoms with E-state index in [4.69, 9.17) is 4.74 Å². The SMILES string of the molecule is CCCO[C@@H]1CN[C@H](CC)C1. The van der Waals surface area contributed by atoms with E-state index in [1.165, 1.54) is 12.8 Å². The molecule has 1 rings (SSSR count). The second kappa shape index (κ2) is 4.73. The molecule has 0 aliphatic carbocycles. The first kappa shape index (κ1) is 9.01. The van der Waals surface area contributed by atoms with Gasteiger partial charge in [0, 0.05) is 19.2 Å². The monoisotopic (exact) mass is 157 g/mol. The summed E-state index contributed by atoms with van der Waals surface area (Å²) in [5.41, 5.74) is 0. The van der Waals surface area contributed by atoms with Gasteiger partial charge in [-0.25, -0.2) is 0 Å². The van der Waals surface area contributed by atoms with Crippen molar-refractivity contribution in [2.75, 3.05) is 13.2 Å². The largest absolute Gasteiger partial charge is 0.377 e. The zero-order valence-electron chi connectivity index (χ0n) is 7.60. The Morgan fingerprint density at radius 1 is 1.45 bits per heavy atom. The Bertz CT molecular complexity index is 106. The van der Waals surface area contributed by atoms with Crippen molar-refractivity contribution < 1.29 is 4.74 Å². The summed E-state index contributed by atoms with van der Waals surface area (Å²) in [4.78, 5) is 0. The lowest BCUT2D eigenvalue weighted by molar-refractivity contribution is 0.0658. The molecule has 0 amide bonds. The normalized spacial score (nSPS) is 31.1. The van der Waals surface area contributed by atoms with Crippen molar-refractivity contribution in [1.29, 1.82) is 0 Å². The maximum Gasteiger partial charge on any atom is 0.0714 e. The van der Waals surface area contributed by atoms with Crippen molar-refractivity contribution in [3.8, 4) is 0 Å². The molecule has 1 heterocycles. The minimum atomic E-state index is 0.486. The average Bonchev–Trinajstić information content (AvgIpc) is 2.48. The molecular weight excluding hydrogens is 138 g/mol. The Morgan fingerprint density at radius 3 is 2.82 bits per heavy atom. The van der Waals surface area contributed by atoms with Gasteiger partial charge in [-0.15, -0.1) is 0 Å². The van der Waals surface area contributed by atoms with E-state index in [0.29, 0.717) is 12.1 Å². The van der Waals surface area contributed by atoms with Crippen molar-refractivity contribution in [3.63, 3.8) is 0 Å². The number of hydrogen-bond acceptors (Lipinski definition) is 2. The summed E-state index contributed by atoms with van der Waals surface area (Å²) in [5.74, 6) is 0. The smallest absolute Gasteiger partial charge is 0.0714 e. The van der Waals surface area contributed by atoms with Crippen LogP contribution >= 0.6 is 0 Å². The zero-order valence-corrected chi connectivity index (χ0v) is 7.60. The minimum Gasteiger partial charge on any atom is -0.377 e. The fourth-order valence-electron chi connectivity index (χ4n) is 1.50. The molecule has 0 saturated carbocycles. The van der Waals surface area contributed by atoms with Crippen molar-refractivity contribution in [2.24, 2.45) is 0 Å². The maximum absolute atomic E-state index is 5.62. The van der Waals surface area contributed by atoms with E-state index in [9.17, 15) is 0 Å². The van der Waals surface area contributed by atoms with Crippen molar-refractivity contribution >= 4 is 0 Å². The number of nitrogens with one attached hydrogen (secondary N) is 1. The Balaban J connectivity index is 2.09. The van der Waals surface area contributed by atoms with Gasteiger partial charge in [-0.1, -0.05) is 13.8 Å². The van der Waals surface area contributed by atoms with Crippen LogP contribution in [0.5, 0.6) is 0 Å². The molecule has 0 unspecified atom stereocenters. The van der Waals surface area contributed by atoms with Crippen LogP contribution in [0.4, 0.5) is 0 Å². The molecule has 1 saturated heterocycles. The number of hydrogen-bond donors (Lipinski definition) is 1. The highest BCUT2D eigenvalue weighted by Crippen LogP contribution is 2.12. The van der Waals surface area contributed by atoms with Gasteiger partial charge in [0.2, 0.25) is 0 Å². The lowest BCUT2D eigenvalue weighted by Crippen LogP contribution is -2.20. The summed E-state index contributed by atoms with van der Waals surface area (Å²) in [6.07, 6.45) is 4.05. The van der Waals surface area contributed by atoms with Gasteiger partial charge in [0.05, 0.1) is 6.10 Å². The molecule has 1 N–H and O–H groups in total. The summed E-state index contributed by atoms with van der Waals surface area (Å²) in [7, 11) is 0. The highest BCUT2D eigenvalue weighted by molar-refractivity contribution is 4.80. The third-order valence-electron chi connectivity index (χ3n) is 2.23. The molecule has 2 nitrogen and oxygen atoms in total. The van der Waals surface area contributed by atoms with Gasteiger partial charge in [-0.2, -0.15) is 0 Å². The molecule has 0 aromatic heterocycles. The molecule has 0 aromatic rings. The summed E-state index contributed by atoms with van der Waals surface area (Å²) < 4.78 is 5.62. The summed E-state index contributed by atoms with van der Waals surface area (Å²) in [6, 6.07) is 0.705. The van der Waals surface area contributed by atoms with E-state index in [0.717, 1.165) is 19.6 Å². The zero-order chi connectivity index (χ0) is 8.10. The third kappa shape index (κ3) is 2.80. The molecule has 1 fully saturated rings. The summed E-state index contributed by atoms with van der Waals surface area (Å²) in [6.45, 7) is 6.35. The predicted molar refractivity (Wildman–Crippen MR) is 46.7 cm³/mol. The van der Waals surface area contributed by atoms with Crippen molar-refractivity contribution in [1.82, 2.24) is 5.32 Å². The molecule has 0 spiro atoms. The highest BCUT2D eigenvalue weighted by atomic mass is 16.5. The van der Waals surface area contributed by atoms with Crippen LogP contribution in [-0.2, 0) is 4.74 Å². The van der Waals surface area contributed by atoms with Crippen LogP contribution in [0, 0.1) is 0 Å². The minimum absolute atomic E-state index is 0.486. The van der Waals surface area contributed by atoms with E-state index < -0.39 is 0 Å². The molecule has 11 heavy (non-hydrogen) atoms. The van der Waals surface area contributed by atoms with Crippen LogP contribution in [0.25, 0.3) is 0 Å². The van der Waals surface area contributed by atoms with E-state index >= 15 is 0 Å². The van der Waals surface area contributed by atoms with Crippen LogP contribution < -0.4 is 5.32 Å². The van der Waals surface area contributed by atoms with Gasteiger partial charge in [0.15, 0.2) is 0 Å². The fourth-order valence-corrected chi connectivity index (χ4v) is 1.50. The molecule has 1 aliphatic heterocycles. The van der Waals surface area contributed by atoms with Gasteiger partial charge < -0.3 is 10.1 Å². The Morgan fingerprint density at radius 2 is 2.27 bits per heavy atom. The second-order valence-electron chi connectivity index (χ2n) is 3.24. The van der Waals surface area contributed by atoms with Gasteiger partial charge in [0.1, 0.15) is 0 Å². The quantitative estimate of drug-likeness (QED) is 0.668. The predicted octanol–water partition coefficient (Wildman–Crippen LogP) is 1.55. The third-order valence-corrected chi connectivity index (χ3v) is 2.23. The molecule has 0 bridgehead atoms. The highest BCUT2D eigenvalue weighted by Gasteiger charge is 2.22. The topological polar surface area (TPSA) is 21.3 Å². The molecule has 2 atom stereocenters. The molecule has 0 aromatic carbocycles. The first-order chi connectivity index (χ1) is 5.36. The maximum atomic E-state index is 5.62. The number of rotatable bonds is 4. The lowest BCUT2D eigenvalue weighted by atomic mass is 10.1. The Labute approximate surface area is 69.3 Å². The first-order valence-corrected chi connectivity index (χ1v) is 4.71. The summed E-state index contributed by atoms with van der Waals surface area (Å²) in [5, 5.41) is 3.44. The Hall–Kier alpha value is -0.0800. The summed E-state index contributed by atoms with van der Waals surface area (Å²) >= 11 is 0. The van der Waals surface area contributed by atoms with Crippen molar-refractivity contribution in [3.05, 3.63) is 0 Å². The number of ether oxygens (including phenoxy) is 1. The van der Waals surface area contributed by atoms with Crippen molar-refractivity contribution in [2.45, 2.75) is 45.3 Å². The standard InChI is InChI=1S/C9H19NO/c1-3-5-11-9-6-8(4-2)10-7-9/h8-10H,3-7H2,1-2H3/t8-,9+/m1/s1. The van der Waals surface area contributed by atoms with Crippen LogP contribution in [0.15, 0.2) is 0 Å². The van der Waals surface area contributed by atoms with Crippen LogP contribution in [-0.4, -0.2) is 25.3 Å². The lowest BCUT2D eigenvalue weighted by Gasteiger charge is -2.09. The molecule has 0 radical (unpaired) electrons. The van der Waals surface area contributed by atoms with Gasteiger partial charge in [-0.3, -0.25) is 0 Å². The van der Waals surface area contributed by atoms with Gasteiger partial charge in [0.25, 0.3) is 0 Å². The first-order valence-electron chi connectivity index (χ1n) is 4.71. The van der Waals surface area contributed by atoms with E-state index in [1.54, 1.807) is 0 Å². The van der Waals surface area contributed by atoms with E-state index in [-0.39, 0.29) is 0 Å². The molecule has 66 valence electrons. The van der Waals surface area contributed by atoms with E-state index in [2.05, 4.69) is 19.2 Å². The van der Waals surface area contributed by atoms with Crippen LogP contribution in [0.2, 0.25) is 0 Å². The van der Waals surface area contributed by atoms with E-state index in [1.807, 2.05) is 0 Å². The second-order valence-corrected chi connectivity index (χ2v) is 3.24. The van der Waals surface area contributed by atoms with Crippen LogP contribution in [0.1, 0.15) is 33.1 Å². The molecule has 2 heteroatoms. The van der Waals surface area contributed by atoms with Gasteiger partial charge >= 0.3 is 0 Å². The molecular formula is C9H19NO. The fraction of sp³-hybridized carbons (Fsp3) is 1.00. The van der Waals surface area contributed by atoms with Crippen LogP contribution in [0.3, 0.4) is 0 Å². The van der Waals surface area contributed by atoms with Gasteiger partial charge in [-0.05, 0) is 19.3 Å². The molecule has 1 aliphatic rings. The average molecular weight is 157 g/mol. The Kier molecular flexibility index (Phi) is 3.87.